The number of benzene rings is 2. The van der Waals surface area contributed by atoms with E-state index in [4.69, 9.17) is 10.5 Å². The van der Waals surface area contributed by atoms with Crippen molar-refractivity contribution in [3.8, 4) is 5.75 Å². The van der Waals surface area contributed by atoms with Crippen LogP contribution in [0, 0.1) is 10.1 Å². The number of nitro groups is 1. The maximum atomic E-state index is 11.4. The van der Waals surface area contributed by atoms with E-state index in [2.05, 4.69) is 10.3 Å². The molecule has 0 amide bonds. The van der Waals surface area contributed by atoms with Crippen LogP contribution in [0.2, 0.25) is 0 Å². The molecule has 7 heteroatoms. The van der Waals surface area contributed by atoms with E-state index in [1.807, 2.05) is 44.2 Å². The van der Waals surface area contributed by atoms with Gasteiger partial charge < -0.3 is 15.8 Å². The summed E-state index contributed by atoms with van der Waals surface area (Å²) in [6, 6.07) is 15.2. The van der Waals surface area contributed by atoms with Crippen molar-refractivity contribution in [1.29, 1.82) is 0 Å². The van der Waals surface area contributed by atoms with Crippen LogP contribution in [0.3, 0.4) is 0 Å². The normalized spacial score (nSPS) is 11.4. The molecule has 0 saturated carbocycles. The lowest BCUT2D eigenvalue weighted by atomic mass is 10.1. The van der Waals surface area contributed by atoms with E-state index in [-0.39, 0.29) is 5.69 Å². The first-order valence-electron chi connectivity index (χ1n) is 8.60. The number of rotatable bonds is 7. The fourth-order valence-electron chi connectivity index (χ4n) is 2.63. The average molecular weight is 366 g/mol. The first kappa shape index (κ1) is 18.6. The van der Waals surface area contributed by atoms with Gasteiger partial charge in [0.25, 0.3) is 0 Å². The first-order valence-corrected chi connectivity index (χ1v) is 8.60. The van der Waals surface area contributed by atoms with Gasteiger partial charge in [-0.3, -0.25) is 10.1 Å². The lowest BCUT2D eigenvalue weighted by Crippen LogP contribution is -2.39. The Labute approximate surface area is 157 Å². The molecule has 27 heavy (non-hydrogen) atoms. The number of hydrogen-bond acceptors (Lipinski definition) is 6. The lowest BCUT2D eigenvalue weighted by molar-refractivity contribution is -0.384. The van der Waals surface area contributed by atoms with Crippen molar-refractivity contribution in [3.05, 3.63) is 70.4 Å². The van der Waals surface area contributed by atoms with Crippen LogP contribution in [0.15, 0.2) is 54.7 Å². The number of nitrogens with one attached hydrogen (secondary N) is 1. The van der Waals surface area contributed by atoms with Gasteiger partial charge in [0.05, 0.1) is 10.4 Å². The zero-order valence-electron chi connectivity index (χ0n) is 15.3. The summed E-state index contributed by atoms with van der Waals surface area (Å²) in [5.41, 5.74) is 7.50. The predicted octanol–water partition coefficient (Wildman–Crippen LogP) is 3.87. The number of aromatic nitrogens is 1. The third-order valence-corrected chi connectivity index (χ3v) is 3.99. The highest BCUT2D eigenvalue weighted by atomic mass is 16.6. The van der Waals surface area contributed by atoms with Crippen molar-refractivity contribution in [1.82, 2.24) is 4.98 Å². The summed E-state index contributed by atoms with van der Waals surface area (Å²) in [7, 11) is 0. The highest BCUT2D eigenvalue weighted by molar-refractivity contribution is 5.96. The van der Waals surface area contributed by atoms with E-state index in [9.17, 15) is 10.1 Å². The lowest BCUT2D eigenvalue weighted by Gasteiger charge is -2.20. The van der Waals surface area contributed by atoms with Gasteiger partial charge in [-0.25, -0.2) is 4.98 Å². The number of nitrogens with two attached hydrogens (primary N) is 1. The number of hydrogen-bond donors (Lipinski definition) is 2. The molecule has 3 aromatic rings. The second-order valence-electron chi connectivity index (χ2n) is 7.07. The van der Waals surface area contributed by atoms with Crippen LogP contribution < -0.4 is 15.8 Å². The molecule has 3 rings (SSSR count). The fourth-order valence-corrected chi connectivity index (χ4v) is 2.63. The molecule has 1 aromatic heterocycles. The zero-order chi connectivity index (χ0) is 19.4. The number of anilines is 1. The van der Waals surface area contributed by atoms with Gasteiger partial charge in [0, 0.05) is 23.5 Å². The SMILES string of the molecule is CC(C)(N)CNc1c([N+](=O)[O-])cnc2cc(OCc3ccccc3)ccc12. The van der Waals surface area contributed by atoms with Gasteiger partial charge in [-0.1, -0.05) is 30.3 Å². The molecule has 0 radical (unpaired) electrons. The topological polar surface area (TPSA) is 103 Å². The van der Waals surface area contributed by atoms with Gasteiger partial charge in [-0.15, -0.1) is 0 Å². The Balaban J connectivity index is 1.90. The van der Waals surface area contributed by atoms with Gasteiger partial charge in [-0.05, 0) is 31.5 Å². The summed E-state index contributed by atoms with van der Waals surface area (Å²) >= 11 is 0. The van der Waals surface area contributed by atoms with Crippen LogP contribution in [0.4, 0.5) is 11.4 Å². The second-order valence-corrected chi connectivity index (χ2v) is 7.07. The number of nitrogens with zero attached hydrogens (tertiary/aromatic N) is 2. The Morgan fingerprint density at radius 2 is 1.96 bits per heavy atom. The van der Waals surface area contributed by atoms with Crippen LogP contribution in [-0.4, -0.2) is 22.0 Å². The highest BCUT2D eigenvalue weighted by Crippen LogP contribution is 2.33. The van der Waals surface area contributed by atoms with Crippen LogP contribution in [0.5, 0.6) is 5.75 Å². The van der Waals surface area contributed by atoms with Crippen molar-refractivity contribution >= 4 is 22.3 Å². The minimum Gasteiger partial charge on any atom is -0.489 e. The number of pyridine rings is 1. The molecule has 0 aliphatic rings. The van der Waals surface area contributed by atoms with Crippen LogP contribution in [-0.2, 0) is 6.61 Å². The molecule has 0 unspecified atom stereocenters. The maximum Gasteiger partial charge on any atom is 0.311 e. The molecule has 1 heterocycles. The van der Waals surface area contributed by atoms with Crippen molar-refractivity contribution in [2.75, 3.05) is 11.9 Å². The quantitative estimate of drug-likeness (QED) is 0.486. The molecule has 140 valence electrons. The monoisotopic (exact) mass is 366 g/mol. The molecule has 2 aromatic carbocycles. The van der Waals surface area contributed by atoms with E-state index in [0.717, 1.165) is 5.56 Å². The summed E-state index contributed by atoms with van der Waals surface area (Å²) in [6.45, 7) is 4.53. The zero-order valence-corrected chi connectivity index (χ0v) is 15.3. The highest BCUT2D eigenvalue weighted by Gasteiger charge is 2.20. The number of fused-ring (bicyclic) bond motifs is 1. The summed E-state index contributed by atoms with van der Waals surface area (Å²) in [5.74, 6) is 0.651. The Bertz CT molecular complexity index is 953. The third-order valence-electron chi connectivity index (χ3n) is 3.99. The molecule has 0 atom stereocenters. The predicted molar refractivity (Wildman–Crippen MR) is 106 cm³/mol. The third kappa shape index (κ3) is 4.71. The Kier molecular flexibility index (Phi) is 5.23. The standard InChI is InChI=1S/C20H22N4O3/c1-20(2,21)13-23-19-16-9-8-15(27-12-14-6-4-3-5-7-14)10-17(16)22-11-18(19)24(25)26/h3-11H,12-13,21H2,1-2H3,(H,22,23). The van der Waals surface area contributed by atoms with Gasteiger partial charge in [0.1, 0.15) is 24.2 Å². The maximum absolute atomic E-state index is 11.4. The average Bonchev–Trinajstić information content (AvgIpc) is 2.64. The largest absolute Gasteiger partial charge is 0.489 e. The molecular formula is C20H22N4O3. The Morgan fingerprint density at radius 1 is 1.22 bits per heavy atom. The van der Waals surface area contributed by atoms with Gasteiger partial charge in [0.15, 0.2) is 0 Å². The molecular weight excluding hydrogens is 344 g/mol. The summed E-state index contributed by atoms with van der Waals surface area (Å²) < 4.78 is 5.82. The van der Waals surface area contributed by atoms with Crippen molar-refractivity contribution in [3.63, 3.8) is 0 Å². The molecule has 3 N–H and O–H groups in total. The van der Waals surface area contributed by atoms with E-state index < -0.39 is 10.5 Å². The Morgan fingerprint density at radius 3 is 2.63 bits per heavy atom. The smallest absolute Gasteiger partial charge is 0.311 e. The first-order chi connectivity index (χ1) is 12.8. The summed E-state index contributed by atoms with van der Waals surface area (Å²) in [4.78, 5) is 15.2. The van der Waals surface area contributed by atoms with Crippen molar-refractivity contribution in [2.45, 2.75) is 26.0 Å². The molecule has 0 aliphatic carbocycles. The van der Waals surface area contributed by atoms with Crippen LogP contribution in [0.1, 0.15) is 19.4 Å². The van der Waals surface area contributed by atoms with Gasteiger partial charge in [0.2, 0.25) is 0 Å². The summed E-state index contributed by atoms with van der Waals surface area (Å²) in [6.07, 6.45) is 1.26. The van der Waals surface area contributed by atoms with Crippen molar-refractivity contribution in [2.24, 2.45) is 5.73 Å². The molecule has 0 saturated heterocycles. The van der Waals surface area contributed by atoms with Crippen molar-refractivity contribution < 1.29 is 9.66 Å². The van der Waals surface area contributed by atoms with E-state index in [1.54, 1.807) is 18.2 Å². The van der Waals surface area contributed by atoms with E-state index >= 15 is 0 Å². The van der Waals surface area contributed by atoms with E-state index in [1.165, 1.54) is 6.20 Å². The van der Waals surface area contributed by atoms with Crippen LogP contribution in [0.25, 0.3) is 10.9 Å². The fraction of sp³-hybridized carbons (Fsp3) is 0.250. The molecule has 0 fully saturated rings. The molecule has 0 spiro atoms. The van der Waals surface area contributed by atoms with Gasteiger partial charge in [-0.2, -0.15) is 0 Å². The molecule has 0 aliphatic heterocycles. The van der Waals surface area contributed by atoms with E-state index in [0.29, 0.717) is 35.5 Å². The molecule has 7 nitrogen and oxygen atoms in total. The molecule has 0 bridgehead atoms. The second kappa shape index (κ2) is 7.59. The minimum atomic E-state index is -0.512. The van der Waals surface area contributed by atoms with Crippen LogP contribution >= 0.6 is 0 Å². The minimum absolute atomic E-state index is 0.0790. The van der Waals surface area contributed by atoms with Gasteiger partial charge >= 0.3 is 5.69 Å². The summed E-state index contributed by atoms with van der Waals surface area (Å²) in [5, 5.41) is 15.1. The Hall–Kier alpha value is -3.19. The number of ether oxygens (including phenoxy) is 1.